The number of amides is 1. The van der Waals surface area contributed by atoms with Gasteiger partial charge in [0.15, 0.2) is 0 Å². The molecule has 2 atom stereocenters. The van der Waals surface area contributed by atoms with Gasteiger partial charge in [0.1, 0.15) is 5.60 Å². The van der Waals surface area contributed by atoms with Crippen molar-refractivity contribution in [1.82, 2.24) is 4.90 Å². The summed E-state index contributed by atoms with van der Waals surface area (Å²) in [5.74, 6) is -0.790. The van der Waals surface area contributed by atoms with Gasteiger partial charge in [-0.3, -0.25) is 4.79 Å². The van der Waals surface area contributed by atoms with Crippen LogP contribution in [0.5, 0.6) is 0 Å². The fraction of sp³-hybridized carbons (Fsp3) is 0.846. The molecule has 18 heavy (non-hydrogen) atoms. The number of hydrogen-bond acceptors (Lipinski definition) is 3. The van der Waals surface area contributed by atoms with Crippen molar-refractivity contribution in [2.24, 2.45) is 5.92 Å². The maximum atomic E-state index is 12.0. The van der Waals surface area contributed by atoms with Gasteiger partial charge in [0.25, 0.3) is 0 Å². The molecule has 1 saturated heterocycles. The summed E-state index contributed by atoms with van der Waals surface area (Å²) in [7, 11) is 0. The highest BCUT2D eigenvalue weighted by Crippen LogP contribution is 2.27. The number of piperidine rings is 1. The van der Waals surface area contributed by atoms with Crippen molar-refractivity contribution in [3.05, 3.63) is 0 Å². The second kappa shape index (κ2) is 5.59. The number of carboxylic acids is 1. The van der Waals surface area contributed by atoms with Gasteiger partial charge in [-0.1, -0.05) is 0 Å². The van der Waals surface area contributed by atoms with Crippen molar-refractivity contribution < 1.29 is 19.4 Å². The van der Waals surface area contributed by atoms with Gasteiger partial charge in [-0.25, -0.2) is 4.79 Å². The Kier molecular flexibility index (Phi) is 4.59. The van der Waals surface area contributed by atoms with E-state index in [0.717, 1.165) is 12.8 Å². The normalized spacial score (nSPS) is 24.8. The first-order valence-corrected chi connectivity index (χ1v) is 6.42. The smallest absolute Gasteiger partial charge is 0.410 e. The molecule has 0 spiro atoms. The fourth-order valence-electron chi connectivity index (χ4n) is 2.30. The van der Waals surface area contributed by atoms with Crippen LogP contribution >= 0.6 is 0 Å². The number of carbonyl (C=O) groups excluding carboxylic acids is 1. The predicted octanol–water partition coefficient (Wildman–Crippen LogP) is 2.50. The summed E-state index contributed by atoms with van der Waals surface area (Å²) in [6, 6.07) is -0.0790. The van der Waals surface area contributed by atoms with Crippen molar-refractivity contribution in [3.63, 3.8) is 0 Å². The summed E-state index contributed by atoms with van der Waals surface area (Å²) in [6.07, 6.45) is 1.46. The first-order valence-electron chi connectivity index (χ1n) is 6.42. The minimum absolute atomic E-state index is 0.0174. The van der Waals surface area contributed by atoms with E-state index in [0.29, 0.717) is 6.54 Å². The topological polar surface area (TPSA) is 66.8 Å². The van der Waals surface area contributed by atoms with Crippen molar-refractivity contribution in [1.29, 1.82) is 0 Å². The maximum Gasteiger partial charge on any atom is 0.410 e. The summed E-state index contributed by atoms with van der Waals surface area (Å²) in [5, 5.41) is 8.86. The Labute approximate surface area is 108 Å². The van der Waals surface area contributed by atoms with E-state index in [2.05, 4.69) is 0 Å². The predicted molar refractivity (Wildman–Crippen MR) is 67.4 cm³/mol. The summed E-state index contributed by atoms with van der Waals surface area (Å²) < 4.78 is 5.34. The number of ether oxygens (including phenoxy) is 1. The number of carboxylic acid groups (broad SMARTS) is 1. The van der Waals surface area contributed by atoms with E-state index in [1.165, 1.54) is 0 Å². The zero-order valence-corrected chi connectivity index (χ0v) is 11.6. The van der Waals surface area contributed by atoms with Gasteiger partial charge < -0.3 is 14.7 Å². The number of nitrogens with zero attached hydrogens (tertiary/aromatic N) is 1. The molecule has 1 amide bonds. The monoisotopic (exact) mass is 257 g/mol. The third-order valence-electron chi connectivity index (χ3n) is 3.21. The van der Waals surface area contributed by atoms with Gasteiger partial charge in [-0.2, -0.15) is 0 Å². The quantitative estimate of drug-likeness (QED) is 0.825. The summed E-state index contributed by atoms with van der Waals surface area (Å²) >= 11 is 0. The van der Waals surface area contributed by atoms with Gasteiger partial charge in [0, 0.05) is 12.6 Å². The molecule has 0 aromatic heterocycles. The minimum atomic E-state index is -0.808. The van der Waals surface area contributed by atoms with Crippen LogP contribution in [0.4, 0.5) is 4.79 Å². The number of carbonyl (C=O) groups is 2. The lowest BCUT2D eigenvalue weighted by molar-refractivity contribution is -0.139. The fourth-order valence-corrected chi connectivity index (χ4v) is 2.30. The minimum Gasteiger partial charge on any atom is -0.481 e. The van der Waals surface area contributed by atoms with Gasteiger partial charge in [0.2, 0.25) is 0 Å². The lowest BCUT2D eigenvalue weighted by Gasteiger charge is -2.39. The molecule has 104 valence electrons. The Balaban J connectivity index is 2.65. The lowest BCUT2D eigenvalue weighted by Crippen LogP contribution is -2.49. The van der Waals surface area contributed by atoms with E-state index in [-0.39, 0.29) is 24.5 Å². The Morgan fingerprint density at radius 1 is 1.39 bits per heavy atom. The molecule has 1 aliphatic rings. The molecule has 1 aliphatic heterocycles. The highest BCUT2D eigenvalue weighted by atomic mass is 16.6. The second-order valence-electron chi connectivity index (χ2n) is 5.91. The highest BCUT2D eigenvalue weighted by molar-refractivity contribution is 5.70. The Bertz CT molecular complexity index is 321. The molecule has 1 N–H and O–H groups in total. The van der Waals surface area contributed by atoms with Crippen LogP contribution in [0, 0.1) is 5.92 Å². The van der Waals surface area contributed by atoms with Crippen LogP contribution in [0.25, 0.3) is 0 Å². The zero-order chi connectivity index (χ0) is 13.9. The third-order valence-corrected chi connectivity index (χ3v) is 3.21. The molecule has 1 fully saturated rings. The first kappa shape index (κ1) is 14.8. The maximum absolute atomic E-state index is 12.0. The number of likely N-dealkylation sites (tertiary alicyclic amines) is 1. The van der Waals surface area contributed by atoms with Gasteiger partial charge >= 0.3 is 12.1 Å². The number of hydrogen-bond donors (Lipinski definition) is 1. The zero-order valence-electron chi connectivity index (χ0n) is 11.6. The van der Waals surface area contributed by atoms with Crippen LogP contribution < -0.4 is 0 Å². The number of rotatable bonds is 2. The molecule has 5 nitrogen and oxygen atoms in total. The third kappa shape index (κ3) is 4.20. The number of aliphatic carboxylic acids is 1. The average molecular weight is 257 g/mol. The largest absolute Gasteiger partial charge is 0.481 e. The van der Waals surface area contributed by atoms with Crippen LogP contribution in [0.3, 0.4) is 0 Å². The van der Waals surface area contributed by atoms with Gasteiger partial charge in [-0.15, -0.1) is 0 Å². The van der Waals surface area contributed by atoms with Crippen LogP contribution in [0.2, 0.25) is 0 Å². The molecule has 1 rings (SSSR count). The van der Waals surface area contributed by atoms with E-state index in [9.17, 15) is 9.59 Å². The van der Waals surface area contributed by atoms with Crippen LogP contribution in [0.1, 0.15) is 47.0 Å². The van der Waals surface area contributed by atoms with E-state index in [1.807, 2.05) is 27.7 Å². The summed E-state index contributed by atoms with van der Waals surface area (Å²) in [6.45, 7) is 8.03. The molecular weight excluding hydrogens is 234 g/mol. The second-order valence-corrected chi connectivity index (χ2v) is 5.91. The van der Waals surface area contributed by atoms with Crippen LogP contribution in [0.15, 0.2) is 0 Å². The highest BCUT2D eigenvalue weighted by Gasteiger charge is 2.34. The van der Waals surface area contributed by atoms with Crippen LogP contribution in [-0.2, 0) is 9.53 Å². The van der Waals surface area contributed by atoms with Crippen molar-refractivity contribution in [3.8, 4) is 0 Å². The standard InChI is InChI=1S/C13H23NO4/c1-9-10(8-11(15)16)6-5-7-14(9)12(17)18-13(2,3)4/h9-10H,5-8H2,1-4H3,(H,15,16)/t9-,10-/m1/s1. The molecule has 0 unspecified atom stereocenters. The first-order chi connectivity index (χ1) is 8.20. The molecular formula is C13H23NO4. The van der Waals surface area contributed by atoms with Crippen molar-refractivity contribution in [2.45, 2.75) is 58.6 Å². The van der Waals surface area contributed by atoms with Crippen molar-refractivity contribution >= 4 is 12.1 Å². The molecule has 1 heterocycles. The lowest BCUT2D eigenvalue weighted by atomic mass is 9.88. The Morgan fingerprint density at radius 3 is 2.50 bits per heavy atom. The molecule has 0 saturated carbocycles. The van der Waals surface area contributed by atoms with E-state index in [1.54, 1.807) is 4.90 Å². The molecule has 0 radical (unpaired) electrons. The summed E-state index contributed by atoms with van der Waals surface area (Å²) in [5.41, 5.74) is -0.517. The molecule has 5 heteroatoms. The van der Waals surface area contributed by atoms with Gasteiger partial charge in [0.05, 0.1) is 6.42 Å². The van der Waals surface area contributed by atoms with E-state index >= 15 is 0 Å². The van der Waals surface area contributed by atoms with E-state index < -0.39 is 11.6 Å². The molecule has 0 bridgehead atoms. The molecule has 0 aliphatic carbocycles. The van der Waals surface area contributed by atoms with Gasteiger partial charge in [-0.05, 0) is 46.5 Å². The Hall–Kier alpha value is -1.26. The summed E-state index contributed by atoms with van der Waals surface area (Å²) in [4.78, 5) is 24.5. The SMILES string of the molecule is C[C@@H]1[C@@H](CC(=O)O)CCCN1C(=O)OC(C)(C)C. The molecule has 0 aromatic rings. The molecule has 0 aromatic carbocycles. The average Bonchev–Trinajstić information content (AvgIpc) is 2.17. The Morgan fingerprint density at radius 2 is 2.00 bits per heavy atom. The van der Waals surface area contributed by atoms with E-state index in [4.69, 9.17) is 9.84 Å². The van der Waals surface area contributed by atoms with Crippen LogP contribution in [-0.4, -0.2) is 40.3 Å². The van der Waals surface area contributed by atoms with Crippen molar-refractivity contribution in [2.75, 3.05) is 6.54 Å².